The van der Waals surface area contributed by atoms with E-state index in [4.69, 9.17) is 0 Å². The number of rotatable bonds is 3. The number of hydrogen-bond donors (Lipinski definition) is 1. The number of benzene rings is 1. The molecule has 1 aromatic carbocycles. The largest absolute Gasteiger partial charge is 0.392 e. The van der Waals surface area contributed by atoms with E-state index in [0.29, 0.717) is 0 Å². The molecule has 2 heteroatoms. The van der Waals surface area contributed by atoms with Gasteiger partial charge in [0.1, 0.15) is 0 Å². The molecule has 2 nitrogen and oxygen atoms in total. The monoisotopic (exact) mass is 299 g/mol. The highest BCUT2D eigenvalue weighted by Gasteiger charge is 2.49. The van der Waals surface area contributed by atoms with Crippen LogP contribution in [-0.4, -0.2) is 29.2 Å². The molecule has 1 N–H and O–H groups in total. The average molecular weight is 299 g/mol. The van der Waals surface area contributed by atoms with E-state index in [2.05, 4.69) is 62.1 Å². The van der Waals surface area contributed by atoms with E-state index < -0.39 is 0 Å². The Balaban J connectivity index is 1.82. The summed E-state index contributed by atoms with van der Waals surface area (Å²) in [7, 11) is 0. The third-order valence-electron chi connectivity index (χ3n) is 6.08. The van der Waals surface area contributed by atoms with Crippen molar-refractivity contribution in [3.63, 3.8) is 0 Å². The first kappa shape index (κ1) is 15.8. The smallest absolute Gasteiger partial charge is 0.0631 e. The maximum Gasteiger partial charge on any atom is 0.0631 e. The van der Waals surface area contributed by atoms with Crippen LogP contribution in [0.1, 0.15) is 45.6 Å². The van der Waals surface area contributed by atoms with Crippen molar-refractivity contribution in [1.29, 1.82) is 0 Å². The zero-order valence-corrected chi connectivity index (χ0v) is 14.2. The Kier molecular flexibility index (Phi) is 4.17. The van der Waals surface area contributed by atoms with E-state index in [-0.39, 0.29) is 16.9 Å². The van der Waals surface area contributed by atoms with E-state index in [0.717, 1.165) is 38.9 Å². The summed E-state index contributed by atoms with van der Waals surface area (Å²) in [5.41, 5.74) is 3.07. The summed E-state index contributed by atoms with van der Waals surface area (Å²) < 4.78 is 0. The Labute approximate surface area is 134 Å². The lowest BCUT2D eigenvalue weighted by Crippen LogP contribution is -2.52. The van der Waals surface area contributed by atoms with Crippen molar-refractivity contribution >= 4 is 0 Å². The van der Waals surface area contributed by atoms with Gasteiger partial charge in [-0.15, -0.1) is 0 Å². The van der Waals surface area contributed by atoms with Crippen LogP contribution in [0.5, 0.6) is 0 Å². The maximum absolute atomic E-state index is 10.5. The van der Waals surface area contributed by atoms with Crippen molar-refractivity contribution in [2.75, 3.05) is 13.1 Å². The summed E-state index contributed by atoms with van der Waals surface area (Å²) in [5.74, 6) is 0. The average Bonchev–Trinajstić information content (AvgIpc) is 2.52. The Morgan fingerprint density at radius 3 is 2.64 bits per heavy atom. The zero-order chi connectivity index (χ0) is 15.8. The standard InChI is InChI=1S/C20H29NO/c1-4-20(3)17-11-13-21(14-16-8-6-5-7-9-16)15-19(17,2)12-10-18(20)22/h5-9,11,18,22H,4,10,12-15H2,1-3H3/t18?,19-,20-/m0/s1. The van der Waals surface area contributed by atoms with Gasteiger partial charge in [0.2, 0.25) is 0 Å². The van der Waals surface area contributed by atoms with Gasteiger partial charge < -0.3 is 5.11 Å². The number of aliphatic hydroxyl groups is 1. The van der Waals surface area contributed by atoms with Crippen molar-refractivity contribution in [3.05, 3.63) is 47.5 Å². The van der Waals surface area contributed by atoms with E-state index in [9.17, 15) is 5.11 Å². The fourth-order valence-electron chi connectivity index (χ4n) is 4.59. The molecule has 2 aliphatic rings. The first-order valence-electron chi connectivity index (χ1n) is 8.63. The molecule has 3 atom stereocenters. The van der Waals surface area contributed by atoms with Gasteiger partial charge >= 0.3 is 0 Å². The van der Waals surface area contributed by atoms with Crippen LogP contribution in [0.3, 0.4) is 0 Å². The Morgan fingerprint density at radius 1 is 1.23 bits per heavy atom. The molecule has 1 aromatic rings. The SMILES string of the molecule is CC[C@@]1(C)C2=CCN(Cc3ccccc3)C[C@]2(C)CCC1O. The molecule has 0 spiro atoms. The van der Waals surface area contributed by atoms with Gasteiger partial charge in [0.05, 0.1) is 6.10 Å². The maximum atomic E-state index is 10.5. The van der Waals surface area contributed by atoms with E-state index in [1.807, 2.05) is 0 Å². The van der Waals surface area contributed by atoms with Gasteiger partial charge in [-0.05, 0) is 24.8 Å². The molecule has 22 heavy (non-hydrogen) atoms. The topological polar surface area (TPSA) is 23.5 Å². The molecule has 0 bridgehead atoms. The van der Waals surface area contributed by atoms with Crippen LogP contribution in [0.15, 0.2) is 42.0 Å². The molecule has 3 rings (SSSR count). The summed E-state index contributed by atoms with van der Waals surface area (Å²) in [6.45, 7) is 10.00. The first-order valence-corrected chi connectivity index (χ1v) is 8.63. The zero-order valence-electron chi connectivity index (χ0n) is 14.2. The second kappa shape index (κ2) is 5.82. The second-order valence-electron chi connectivity index (χ2n) is 7.66. The minimum atomic E-state index is -0.183. The number of hydrogen-bond acceptors (Lipinski definition) is 2. The molecule has 1 aliphatic heterocycles. The predicted octanol–water partition coefficient (Wildman–Crippen LogP) is 4.01. The molecular formula is C20H29NO. The third kappa shape index (κ3) is 2.63. The summed E-state index contributed by atoms with van der Waals surface area (Å²) in [6.07, 6.45) is 5.28. The molecule has 1 saturated carbocycles. The first-order chi connectivity index (χ1) is 10.5. The quantitative estimate of drug-likeness (QED) is 0.853. The van der Waals surface area contributed by atoms with Crippen LogP contribution < -0.4 is 0 Å². The molecule has 1 heterocycles. The van der Waals surface area contributed by atoms with Crippen molar-refractivity contribution in [2.45, 2.75) is 52.7 Å². The second-order valence-corrected chi connectivity index (χ2v) is 7.66. The Hall–Kier alpha value is -1.12. The van der Waals surface area contributed by atoms with Crippen LogP contribution in [0, 0.1) is 10.8 Å². The van der Waals surface area contributed by atoms with Gasteiger partial charge in [-0.2, -0.15) is 0 Å². The number of nitrogens with zero attached hydrogens (tertiary/aromatic N) is 1. The Bertz CT molecular complexity index is 552. The predicted molar refractivity (Wildman–Crippen MR) is 91.5 cm³/mol. The van der Waals surface area contributed by atoms with Gasteiger partial charge in [-0.3, -0.25) is 4.90 Å². The summed E-state index contributed by atoms with van der Waals surface area (Å²) in [6, 6.07) is 10.7. The number of aliphatic hydroxyl groups excluding tert-OH is 1. The van der Waals surface area contributed by atoms with Crippen LogP contribution in [0.25, 0.3) is 0 Å². The third-order valence-corrected chi connectivity index (χ3v) is 6.08. The fourth-order valence-corrected chi connectivity index (χ4v) is 4.59. The van der Waals surface area contributed by atoms with Crippen LogP contribution in [-0.2, 0) is 6.54 Å². The van der Waals surface area contributed by atoms with Crippen molar-refractivity contribution in [3.8, 4) is 0 Å². The lowest BCUT2D eigenvalue weighted by molar-refractivity contribution is -0.0140. The lowest BCUT2D eigenvalue weighted by atomic mass is 9.56. The molecule has 0 aromatic heterocycles. The molecule has 0 saturated heterocycles. The van der Waals surface area contributed by atoms with E-state index in [1.54, 1.807) is 0 Å². The Morgan fingerprint density at radius 2 is 1.95 bits per heavy atom. The molecule has 1 unspecified atom stereocenters. The highest BCUT2D eigenvalue weighted by Crippen LogP contribution is 2.54. The molecular weight excluding hydrogens is 270 g/mol. The summed E-state index contributed by atoms with van der Waals surface area (Å²) in [5, 5.41) is 10.5. The summed E-state index contributed by atoms with van der Waals surface area (Å²) in [4.78, 5) is 2.55. The highest BCUT2D eigenvalue weighted by molar-refractivity contribution is 5.30. The molecule has 0 radical (unpaired) electrons. The van der Waals surface area contributed by atoms with Gasteiger partial charge in [-0.1, -0.05) is 62.8 Å². The lowest BCUT2D eigenvalue weighted by Gasteiger charge is -2.54. The van der Waals surface area contributed by atoms with Crippen LogP contribution in [0.2, 0.25) is 0 Å². The molecule has 1 aliphatic carbocycles. The molecule has 120 valence electrons. The van der Waals surface area contributed by atoms with E-state index >= 15 is 0 Å². The highest BCUT2D eigenvalue weighted by atomic mass is 16.3. The van der Waals surface area contributed by atoms with Crippen molar-refractivity contribution in [2.24, 2.45) is 10.8 Å². The van der Waals surface area contributed by atoms with Gasteiger partial charge in [0.25, 0.3) is 0 Å². The van der Waals surface area contributed by atoms with Crippen molar-refractivity contribution in [1.82, 2.24) is 4.90 Å². The molecule has 0 amide bonds. The van der Waals surface area contributed by atoms with Crippen LogP contribution >= 0.6 is 0 Å². The normalized spacial score (nSPS) is 35.8. The van der Waals surface area contributed by atoms with E-state index in [1.165, 1.54) is 11.1 Å². The van der Waals surface area contributed by atoms with Gasteiger partial charge in [0, 0.05) is 30.5 Å². The van der Waals surface area contributed by atoms with Crippen molar-refractivity contribution < 1.29 is 5.11 Å². The van der Waals surface area contributed by atoms with Gasteiger partial charge in [-0.25, -0.2) is 0 Å². The fraction of sp³-hybridized carbons (Fsp3) is 0.600. The van der Waals surface area contributed by atoms with Gasteiger partial charge in [0.15, 0.2) is 0 Å². The minimum Gasteiger partial charge on any atom is -0.392 e. The number of fused-ring (bicyclic) bond motifs is 1. The molecule has 1 fully saturated rings. The summed E-state index contributed by atoms with van der Waals surface area (Å²) >= 11 is 0. The van der Waals surface area contributed by atoms with Crippen LogP contribution in [0.4, 0.5) is 0 Å². The minimum absolute atomic E-state index is 0.0359.